The van der Waals surface area contributed by atoms with Crippen LogP contribution in [0.25, 0.3) is 0 Å². The number of allylic oxidation sites excluding steroid dienone is 3. The molecule has 3 aliphatic rings. The van der Waals surface area contributed by atoms with Gasteiger partial charge in [-0.25, -0.2) is 0 Å². The van der Waals surface area contributed by atoms with Crippen LogP contribution in [0.1, 0.15) is 87.0 Å². The molecule has 2 saturated heterocycles. The number of aliphatic hydroxyl groups excluding tert-OH is 3. The maximum Gasteiger partial charge on any atom is 0.308 e. The summed E-state index contributed by atoms with van der Waals surface area (Å²) < 4.78 is 19.0. The first-order chi connectivity index (χ1) is 25.1. The molecule has 3 heterocycles. The van der Waals surface area contributed by atoms with Gasteiger partial charge in [0.25, 0.3) is 0 Å². The molecule has 3 aliphatic heterocycles. The molecule has 3 rings (SSSR count). The van der Waals surface area contributed by atoms with E-state index < -0.39 is 60.8 Å². The molecule has 2 fully saturated rings. The van der Waals surface area contributed by atoms with Crippen molar-refractivity contribution in [3.8, 4) is 0 Å². The van der Waals surface area contributed by atoms with Gasteiger partial charge in [-0.15, -0.1) is 0 Å². The lowest BCUT2D eigenvalue weighted by Gasteiger charge is -2.47. The number of nitrogens with two attached hydrogens (primary N) is 1. The number of nitrogens with one attached hydrogen (secondary N) is 1. The summed E-state index contributed by atoms with van der Waals surface area (Å²) in [6.07, 6.45) is 2.90. The van der Waals surface area contributed by atoms with Gasteiger partial charge >= 0.3 is 5.97 Å². The Kier molecular flexibility index (Phi) is 19.0. The van der Waals surface area contributed by atoms with Gasteiger partial charge in [-0.2, -0.15) is 0 Å². The number of likely N-dealkylation sites (tertiary alicyclic amines) is 1. The van der Waals surface area contributed by atoms with Gasteiger partial charge < -0.3 is 50.4 Å². The number of esters is 1. The number of ketones is 1. The lowest BCUT2D eigenvalue weighted by Crippen LogP contribution is -2.63. The van der Waals surface area contributed by atoms with Crippen LogP contribution in [0.3, 0.4) is 0 Å². The van der Waals surface area contributed by atoms with E-state index in [0.29, 0.717) is 44.2 Å². The summed E-state index contributed by atoms with van der Waals surface area (Å²) in [5, 5.41) is 37.7. The molecule has 0 saturated carbocycles. The van der Waals surface area contributed by atoms with Crippen molar-refractivity contribution >= 4 is 11.8 Å². The lowest BCUT2D eigenvalue weighted by atomic mass is 9.79. The highest BCUT2D eigenvalue weighted by Gasteiger charge is 2.47. The molecule has 12 nitrogen and oxygen atoms in total. The van der Waals surface area contributed by atoms with Crippen molar-refractivity contribution in [2.75, 3.05) is 53.4 Å². The third-order valence-corrected chi connectivity index (χ3v) is 11.7. The normalized spacial score (nSPS) is 40.5. The van der Waals surface area contributed by atoms with Gasteiger partial charge in [-0.3, -0.25) is 9.59 Å². The minimum absolute atomic E-state index is 0.00327. The van der Waals surface area contributed by atoms with Crippen LogP contribution in [0.5, 0.6) is 0 Å². The smallest absolute Gasteiger partial charge is 0.308 e. The van der Waals surface area contributed by atoms with E-state index in [1.54, 1.807) is 32.0 Å². The second-order valence-electron chi connectivity index (χ2n) is 16.9. The molecule has 0 aromatic rings. The van der Waals surface area contributed by atoms with Gasteiger partial charge in [0, 0.05) is 37.4 Å². The number of aliphatic hydroxyl groups is 3. The highest BCUT2D eigenvalue weighted by atomic mass is 16.7. The van der Waals surface area contributed by atoms with E-state index in [2.05, 4.69) is 30.1 Å². The summed E-state index contributed by atoms with van der Waals surface area (Å²) in [4.78, 5) is 31.6. The minimum Gasteiger partial charge on any atom is -0.462 e. The maximum absolute atomic E-state index is 13.8. The number of piperidine rings is 1. The second kappa shape index (κ2) is 22.1. The molecule has 12 heteroatoms. The molecule has 0 aromatic heterocycles. The molecule has 14 atom stereocenters. The molecule has 0 amide bonds. The monoisotopic (exact) mass is 751 g/mol. The van der Waals surface area contributed by atoms with E-state index in [4.69, 9.17) is 19.9 Å². The fraction of sp³-hybridized carbons (Fsp3) is 0.854. The molecule has 0 spiro atoms. The van der Waals surface area contributed by atoms with Crippen molar-refractivity contribution in [2.45, 2.75) is 136 Å². The second-order valence-corrected chi connectivity index (χ2v) is 16.9. The van der Waals surface area contributed by atoms with Crippen LogP contribution in [-0.4, -0.2) is 139 Å². The molecular formula is C41H74N4O8. The van der Waals surface area contributed by atoms with Crippen LogP contribution in [-0.2, 0) is 23.8 Å². The van der Waals surface area contributed by atoms with Crippen LogP contribution in [0.2, 0.25) is 0 Å². The van der Waals surface area contributed by atoms with E-state index in [1.807, 2.05) is 33.8 Å². The van der Waals surface area contributed by atoms with E-state index in [-0.39, 0.29) is 30.0 Å². The lowest BCUT2D eigenvalue weighted by molar-refractivity contribution is -0.304. The van der Waals surface area contributed by atoms with Gasteiger partial charge in [0.2, 0.25) is 0 Å². The van der Waals surface area contributed by atoms with Gasteiger partial charge in [0.1, 0.15) is 12.2 Å². The molecule has 0 aromatic carbocycles. The minimum atomic E-state index is -1.19. The Morgan fingerprint density at radius 2 is 1.70 bits per heavy atom. The summed E-state index contributed by atoms with van der Waals surface area (Å²) in [6, 6.07) is -0.648. The van der Waals surface area contributed by atoms with Crippen molar-refractivity contribution in [1.82, 2.24) is 15.1 Å². The molecule has 306 valence electrons. The molecule has 1 unspecified atom stereocenters. The van der Waals surface area contributed by atoms with Crippen molar-refractivity contribution in [1.29, 1.82) is 0 Å². The Morgan fingerprint density at radius 1 is 1.02 bits per heavy atom. The highest BCUT2D eigenvalue weighted by Crippen LogP contribution is 2.35. The Labute approximate surface area is 319 Å². The molecule has 53 heavy (non-hydrogen) atoms. The third kappa shape index (κ3) is 13.8. The topological polar surface area (TPSA) is 167 Å². The number of rotatable bonds is 12. The fourth-order valence-electron chi connectivity index (χ4n) is 8.70. The van der Waals surface area contributed by atoms with Crippen LogP contribution < -0.4 is 11.1 Å². The first kappa shape index (κ1) is 45.6. The molecule has 0 radical (unpaired) electrons. The number of carbonyl (C=O) groups is 2. The quantitative estimate of drug-likeness (QED) is 0.146. The Morgan fingerprint density at radius 3 is 2.32 bits per heavy atom. The number of cyclic esters (lactones) is 1. The van der Waals surface area contributed by atoms with Crippen LogP contribution >= 0.6 is 0 Å². The van der Waals surface area contributed by atoms with E-state index in [0.717, 1.165) is 38.2 Å². The SMILES string of the molecule is CC[C@H]1OC(=O)C[C@@H](O)[C@H](C)[C@@H](O[C@@H]2O[C@H](C)[C@@H](O)[C@H](N(C)C)[C@H]2O)C(CCN2C[C@H](C)C[C@H](C)C2)C[C@@H](C)C(=O)/C=C/C(C)=C/[C@@H]1CNCCCN. The summed E-state index contributed by atoms with van der Waals surface area (Å²) in [7, 11) is 3.59. The summed E-state index contributed by atoms with van der Waals surface area (Å²) in [5.74, 6) is -0.692. The van der Waals surface area contributed by atoms with Crippen molar-refractivity contribution in [3.63, 3.8) is 0 Å². The number of carbonyl (C=O) groups excluding carboxylic acids is 2. The first-order valence-electron chi connectivity index (χ1n) is 20.3. The van der Waals surface area contributed by atoms with Gasteiger partial charge in [-0.05, 0) is 104 Å². The number of ether oxygens (including phenoxy) is 3. The Hall–Kier alpha value is -1.74. The Balaban J connectivity index is 2.03. The average molecular weight is 751 g/mol. The predicted molar refractivity (Wildman–Crippen MR) is 208 cm³/mol. The molecule has 0 aliphatic carbocycles. The summed E-state index contributed by atoms with van der Waals surface area (Å²) in [5.41, 5.74) is 6.59. The molecular weight excluding hydrogens is 676 g/mol. The van der Waals surface area contributed by atoms with Gasteiger partial charge in [0.15, 0.2) is 12.1 Å². The first-order valence-corrected chi connectivity index (χ1v) is 20.3. The summed E-state index contributed by atoms with van der Waals surface area (Å²) >= 11 is 0. The maximum atomic E-state index is 13.8. The van der Waals surface area contributed by atoms with Crippen molar-refractivity contribution in [3.05, 3.63) is 23.8 Å². The predicted octanol–water partition coefficient (Wildman–Crippen LogP) is 3.13. The van der Waals surface area contributed by atoms with Crippen LogP contribution in [0.4, 0.5) is 0 Å². The largest absolute Gasteiger partial charge is 0.462 e. The van der Waals surface area contributed by atoms with Gasteiger partial charge in [-0.1, -0.05) is 52.3 Å². The number of hydrogen-bond donors (Lipinski definition) is 5. The van der Waals surface area contributed by atoms with E-state index in [1.165, 1.54) is 6.42 Å². The average Bonchev–Trinajstić information content (AvgIpc) is 3.09. The highest BCUT2D eigenvalue weighted by molar-refractivity contribution is 5.91. The zero-order valence-electron chi connectivity index (χ0n) is 34.2. The third-order valence-electron chi connectivity index (χ3n) is 11.7. The van der Waals surface area contributed by atoms with E-state index >= 15 is 0 Å². The molecule has 0 bridgehead atoms. The summed E-state index contributed by atoms with van der Waals surface area (Å²) in [6.45, 7) is 18.7. The number of nitrogens with zero attached hydrogens (tertiary/aromatic N) is 2. The zero-order chi connectivity index (χ0) is 39.4. The van der Waals surface area contributed by atoms with Crippen molar-refractivity contribution in [2.24, 2.45) is 41.2 Å². The molecule has 6 N–H and O–H groups in total. The number of likely N-dealkylation sites (N-methyl/N-ethyl adjacent to an activating group) is 1. The standard InChI is InChI=1S/C41H74N4O8/c1-10-35-32(22-43-16-11-15-42)19-25(2)12-13-33(46)28(5)20-31(14-17-45-23-26(3)18-27(4)24-45)40(29(6)34(47)21-36(48)52-35)53-41-39(50)37(44(8)9)38(49)30(7)51-41/h12-13,19,26-32,34-35,37-41,43,47,49-50H,10-11,14-18,20-24,42H2,1-9H3/b13-12+,25-19+/t26-,27+,28-,29+,30-,31?,32-,34-,35-,37+,38-,39-,40-,41+/m1/s1. The number of hydrogen-bond acceptors (Lipinski definition) is 12. The fourth-order valence-corrected chi connectivity index (χ4v) is 8.70. The van der Waals surface area contributed by atoms with Crippen molar-refractivity contribution < 1.29 is 39.1 Å². The van der Waals surface area contributed by atoms with Gasteiger partial charge in [0.05, 0.1) is 36.9 Å². The van der Waals surface area contributed by atoms with Crippen LogP contribution in [0, 0.1) is 35.5 Å². The van der Waals surface area contributed by atoms with Crippen LogP contribution in [0.15, 0.2) is 23.8 Å². The van der Waals surface area contributed by atoms with E-state index in [9.17, 15) is 24.9 Å². The zero-order valence-corrected chi connectivity index (χ0v) is 34.2. The Bertz CT molecular complexity index is 1170.